The van der Waals surface area contributed by atoms with Crippen LogP contribution >= 0.6 is 0 Å². The minimum Gasteiger partial charge on any atom is -0.399 e. The van der Waals surface area contributed by atoms with Crippen molar-refractivity contribution in [3.63, 3.8) is 0 Å². The van der Waals surface area contributed by atoms with Crippen LogP contribution in [0.15, 0.2) is 42.5 Å². The van der Waals surface area contributed by atoms with Gasteiger partial charge >= 0.3 is 0 Å². The van der Waals surface area contributed by atoms with Gasteiger partial charge in [-0.25, -0.2) is 0 Å². The maximum absolute atomic E-state index is 10.6. The third-order valence-electron chi connectivity index (χ3n) is 2.70. The second-order valence-corrected chi connectivity index (χ2v) is 4.01. The summed E-state index contributed by atoms with van der Waals surface area (Å²) in [6.07, 6.45) is 0. The Kier molecular flexibility index (Phi) is 2.38. The number of nitrogens with zero attached hydrogens (tertiary/aromatic N) is 4. The predicted octanol–water partition coefficient (Wildman–Crippen LogP) is 1.91. The number of non-ortho nitro benzene ring substituents is 1. The van der Waals surface area contributed by atoms with Crippen LogP contribution in [0, 0.1) is 10.1 Å². The Morgan fingerprint density at radius 1 is 1.05 bits per heavy atom. The van der Waals surface area contributed by atoms with Gasteiger partial charge in [0.05, 0.1) is 10.6 Å². The van der Waals surface area contributed by atoms with E-state index in [1.165, 1.54) is 16.9 Å². The van der Waals surface area contributed by atoms with E-state index < -0.39 is 4.92 Å². The number of hydrogen-bond donors (Lipinski definition) is 1. The summed E-state index contributed by atoms with van der Waals surface area (Å²) in [4.78, 5) is 11.6. The zero-order valence-electron chi connectivity index (χ0n) is 9.72. The van der Waals surface area contributed by atoms with Gasteiger partial charge in [0.2, 0.25) is 0 Å². The molecule has 0 aliphatic carbocycles. The van der Waals surface area contributed by atoms with Gasteiger partial charge in [0.25, 0.3) is 5.69 Å². The van der Waals surface area contributed by atoms with Gasteiger partial charge in [0.15, 0.2) is 0 Å². The number of nitrogen functional groups attached to an aromatic ring is 1. The fraction of sp³-hybridized carbons (Fsp3) is 0. The van der Waals surface area contributed by atoms with Crippen LogP contribution < -0.4 is 5.73 Å². The predicted molar refractivity (Wildman–Crippen MR) is 69.9 cm³/mol. The molecule has 7 nitrogen and oxygen atoms in total. The summed E-state index contributed by atoms with van der Waals surface area (Å²) in [5.74, 6) is 0. The molecule has 0 saturated carbocycles. The van der Waals surface area contributed by atoms with Gasteiger partial charge in [-0.2, -0.15) is 4.80 Å². The topological polar surface area (TPSA) is 99.9 Å². The van der Waals surface area contributed by atoms with E-state index >= 15 is 0 Å². The first kappa shape index (κ1) is 11.1. The van der Waals surface area contributed by atoms with Crippen LogP contribution in [0.2, 0.25) is 0 Å². The average molecular weight is 255 g/mol. The number of aromatic nitrogens is 3. The monoisotopic (exact) mass is 255 g/mol. The van der Waals surface area contributed by atoms with Crippen molar-refractivity contribution >= 4 is 22.4 Å². The van der Waals surface area contributed by atoms with E-state index in [1.54, 1.807) is 30.3 Å². The van der Waals surface area contributed by atoms with Crippen molar-refractivity contribution in [2.75, 3.05) is 5.73 Å². The number of rotatable bonds is 2. The number of fused-ring (bicyclic) bond motifs is 1. The van der Waals surface area contributed by atoms with Crippen molar-refractivity contribution in [2.45, 2.75) is 0 Å². The largest absolute Gasteiger partial charge is 0.399 e. The minimum atomic E-state index is -0.447. The average Bonchev–Trinajstić information content (AvgIpc) is 2.81. The number of anilines is 1. The molecule has 2 aromatic carbocycles. The van der Waals surface area contributed by atoms with Gasteiger partial charge in [0, 0.05) is 17.8 Å². The molecule has 94 valence electrons. The first-order valence-electron chi connectivity index (χ1n) is 5.51. The quantitative estimate of drug-likeness (QED) is 0.428. The lowest BCUT2D eigenvalue weighted by atomic mass is 10.3. The smallest absolute Gasteiger partial charge is 0.269 e. The maximum Gasteiger partial charge on any atom is 0.269 e. The van der Waals surface area contributed by atoms with Crippen molar-refractivity contribution in [1.29, 1.82) is 0 Å². The van der Waals surface area contributed by atoms with Crippen molar-refractivity contribution < 1.29 is 4.92 Å². The van der Waals surface area contributed by atoms with E-state index in [-0.39, 0.29) is 5.69 Å². The molecule has 7 heteroatoms. The second-order valence-electron chi connectivity index (χ2n) is 4.01. The van der Waals surface area contributed by atoms with Crippen LogP contribution in [0.25, 0.3) is 16.7 Å². The van der Waals surface area contributed by atoms with E-state index in [2.05, 4.69) is 10.2 Å². The van der Waals surface area contributed by atoms with Crippen LogP contribution in [0.4, 0.5) is 11.4 Å². The Balaban J connectivity index is 2.06. The molecule has 0 fully saturated rings. The lowest BCUT2D eigenvalue weighted by Gasteiger charge is -1.97. The van der Waals surface area contributed by atoms with E-state index in [1.807, 2.05) is 0 Å². The highest BCUT2D eigenvalue weighted by molar-refractivity contribution is 5.77. The van der Waals surface area contributed by atoms with Gasteiger partial charge < -0.3 is 5.73 Å². The molecule has 3 aromatic rings. The van der Waals surface area contributed by atoms with Gasteiger partial charge in [0.1, 0.15) is 11.0 Å². The number of nitrogens with two attached hydrogens (primary N) is 1. The lowest BCUT2D eigenvalue weighted by molar-refractivity contribution is -0.384. The van der Waals surface area contributed by atoms with Gasteiger partial charge in [-0.15, -0.1) is 10.2 Å². The fourth-order valence-corrected chi connectivity index (χ4v) is 1.75. The Bertz CT molecular complexity index is 763. The van der Waals surface area contributed by atoms with Crippen LogP contribution in [-0.4, -0.2) is 19.9 Å². The van der Waals surface area contributed by atoms with E-state index in [0.717, 1.165) is 0 Å². The third kappa shape index (κ3) is 1.97. The molecule has 1 heterocycles. The second kappa shape index (κ2) is 4.05. The summed E-state index contributed by atoms with van der Waals surface area (Å²) in [5.41, 5.74) is 8.37. The number of hydrogen-bond acceptors (Lipinski definition) is 5. The molecule has 0 aliphatic heterocycles. The summed E-state index contributed by atoms with van der Waals surface area (Å²) in [6, 6.07) is 11.3. The first-order valence-corrected chi connectivity index (χ1v) is 5.51. The molecule has 0 aliphatic rings. The maximum atomic E-state index is 10.6. The van der Waals surface area contributed by atoms with E-state index in [4.69, 9.17) is 5.73 Å². The van der Waals surface area contributed by atoms with Crippen molar-refractivity contribution in [3.8, 4) is 5.69 Å². The standard InChI is InChI=1S/C12H9N5O2/c13-8-1-6-11-12(7-8)15-16(14-11)9-2-4-10(5-3-9)17(18)19/h1-7H,13H2. The molecule has 0 bridgehead atoms. The molecule has 19 heavy (non-hydrogen) atoms. The van der Waals surface area contributed by atoms with Crippen LogP contribution in [-0.2, 0) is 0 Å². The Morgan fingerprint density at radius 3 is 2.42 bits per heavy atom. The van der Waals surface area contributed by atoms with Gasteiger partial charge in [-0.3, -0.25) is 10.1 Å². The van der Waals surface area contributed by atoms with Gasteiger partial charge in [-0.1, -0.05) is 0 Å². The molecular weight excluding hydrogens is 246 g/mol. The first-order chi connectivity index (χ1) is 9.13. The molecule has 0 spiro atoms. The summed E-state index contributed by atoms with van der Waals surface area (Å²) in [6.45, 7) is 0. The SMILES string of the molecule is Nc1ccc2nn(-c3ccc([N+](=O)[O-])cc3)nc2c1. The van der Waals surface area contributed by atoms with Crippen molar-refractivity contribution in [1.82, 2.24) is 15.0 Å². The molecule has 0 saturated heterocycles. The molecule has 0 unspecified atom stereocenters. The minimum absolute atomic E-state index is 0.0321. The molecule has 2 N–H and O–H groups in total. The molecule has 0 radical (unpaired) electrons. The van der Waals surface area contributed by atoms with Crippen molar-refractivity contribution in [2.24, 2.45) is 0 Å². The summed E-state index contributed by atoms with van der Waals surface area (Å²) in [5, 5.41) is 19.1. The van der Waals surface area contributed by atoms with Crippen LogP contribution in [0.1, 0.15) is 0 Å². The number of nitro benzene ring substituents is 1. The molecule has 0 amide bonds. The normalized spacial score (nSPS) is 10.7. The summed E-state index contributed by atoms with van der Waals surface area (Å²) < 4.78 is 0. The highest BCUT2D eigenvalue weighted by Crippen LogP contribution is 2.17. The highest BCUT2D eigenvalue weighted by atomic mass is 16.6. The van der Waals surface area contributed by atoms with Crippen molar-refractivity contribution in [3.05, 3.63) is 52.6 Å². The highest BCUT2D eigenvalue weighted by Gasteiger charge is 2.08. The third-order valence-corrected chi connectivity index (χ3v) is 2.70. The van der Waals surface area contributed by atoms with Gasteiger partial charge in [-0.05, 0) is 30.3 Å². The van der Waals surface area contributed by atoms with E-state index in [9.17, 15) is 10.1 Å². The number of nitro groups is 1. The molecule has 1 aromatic heterocycles. The summed E-state index contributed by atoms with van der Waals surface area (Å²) >= 11 is 0. The zero-order valence-corrected chi connectivity index (χ0v) is 9.72. The van der Waals surface area contributed by atoms with Crippen LogP contribution in [0.3, 0.4) is 0 Å². The molecule has 0 atom stereocenters. The zero-order chi connectivity index (χ0) is 13.4. The molecule has 3 rings (SSSR count). The fourth-order valence-electron chi connectivity index (χ4n) is 1.75. The Hall–Kier alpha value is -2.96. The van der Waals surface area contributed by atoms with Crippen LogP contribution in [0.5, 0.6) is 0 Å². The Morgan fingerprint density at radius 2 is 1.74 bits per heavy atom. The Labute approximate surface area is 107 Å². The lowest BCUT2D eigenvalue weighted by Crippen LogP contribution is -1.98. The summed E-state index contributed by atoms with van der Waals surface area (Å²) in [7, 11) is 0. The molecular formula is C12H9N5O2. The van der Waals surface area contributed by atoms with E-state index in [0.29, 0.717) is 22.4 Å². The number of benzene rings is 2.